The molecule has 0 saturated heterocycles. The average molecular weight is 232 g/mol. The maximum Gasteiger partial charge on any atom is 0.257 e. The number of para-hydroxylation sites is 2. The van der Waals surface area contributed by atoms with Gasteiger partial charge in [0.1, 0.15) is 6.61 Å². The zero-order valence-electron chi connectivity index (χ0n) is 10.1. The number of hydrogen-bond acceptors (Lipinski definition) is 5. The number of nitrogens with zero attached hydrogens (tertiary/aromatic N) is 3. The third-order valence-corrected chi connectivity index (χ3v) is 2.34. The number of benzene rings is 1. The summed E-state index contributed by atoms with van der Waals surface area (Å²) in [5.74, 6) is 0.744. The molecule has 1 heterocycles. The van der Waals surface area contributed by atoms with Gasteiger partial charge in [-0.2, -0.15) is 0 Å². The van der Waals surface area contributed by atoms with Gasteiger partial charge in [-0.1, -0.05) is 12.1 Å². The summed E-state index contributed by atoms with van der Waals surface area (Å²) in [4.78, 5) is 10.6. The van der Waals surface area contributed by atoms with Crippen LogP contribution < -0.4 is 10.5 Å². The fraction of sp³-hybridized carbons (Fsp3) is 0.333. The zero-order valence-corrected chi connectivity index (χ0v) is 10.1. The molecule has 0 saturated carbocycles. The van der Waals surface area contributed by atoms with Gasteiger partial charge in [-0.15, -0.1) is 0 Å². The van der Waals surface area contributed by atoms with E-state index in [9.17, 15) is 0 Å². The molecule has 0 aliphatic carbocycles. The maximum absolute atomic E-state index is 5.79. The lowest BCUT2D eigenvalue weighted by Crippen LogP contribution is -2.20. The van der Waals surface area contributed by atoms with Crippen molar-refractivity contribution in [2.45, 2.75) is 0 Å². The molecule has 0 unspecified atom stereocenters. The molecule has 5 heteroatoms. The number of rotatable bonds is 4. The molecular formula is C12H16N4O. The van der Waals surface area contributed by atoms with E-state index in [0.717, 1.165) is 17.6 Å². The van der Waals surface area contributed by atoms with Crippen LogP contribution in [0.25, 0.3) is 11.0 Å². The van der Waals surface area contributed by atoms with Gasteiger partial charge in [0.05, 0.1) is 11.0 Å². The van der Waals surface area contributed by atoms with Gasteiger partial charge in [-0.25, -0.2) is 9.97 Å². The standard InChI is InChI=1S/C12H16N4O/c1-16(2)7-8-17-12-11(13)14-9-5-3-4-6-10(9)15-12/h3-6H,7-8H2,1-2H3,(H2,13,14). The molecule has 90 valence electrons. The topological polar surface area (TPSA) is 64.3 Å². The molecule has 2 aromatic rings. The largest absolute Gasteiger partial charge is 0.474 e. The predicted octanol–water partition coefficient (Wildman–Crippen LogP) is 1.15. The van der Waals surface area contributed by atoms with Crippen molar-refractivity contribution in [3.8, 4) is 5.88 Å². The average Bonchev–Trinajstić information content (AvgIpc) is 2.29. The van der Waals surface area contributed by atoms with Crippen LogP contribution in [-0.4, -0.2) is 42.1 Å². The van der Waals surface area contributed by atoms with E-state index in [1.807, 2.05) is 43.3 Å². The van der Waals surface area contributed by atoms with Crippen LogP contribution in [0.2, 0.25) is 0 Å². The Balaban J connectivity index is 2.19. The second kappa shape index (κ2) is 4.97. The van der Waals surface area contributed by atoms with E-state index in [1.54, 1.807) is 0 Å². The van der Waals surface area contributed by atoms with Crippen LogP contribution in [0.4, 0.5) is 5.82 Å². The lowest BCUT2D eigenvalue weighted by molar-refractivity contribution is 0.255. The van der Waals surface area contributed by atoms with E-state index in [0.29, 0.717) is 18.3 Å². The van der Waals surface area contributed by atoms with E-state index in [4.69, 9.17) is 10.5 Å². The molecule has 5 nitrogen and oxygen atoms in total. The summed E-state index contributed by atoms with van der Waals surface area (Å²) >= 11 is 0. The summed E-state index contributed by atoms with van der Waals surface area (Å²) in [5, 5.41) is 0. The highest BCUT2D eigenvalue weighted by molar-refractivity contribution is 5.76. The number of nitrogens with two attached hydrogens (primary N) is 1. The number of anilines is 1. The van der Waals surface area contributed by atoms with Gasteiger partial charge in [0.25, 0.3) is 5.88 Å². The van der Waals surface area contributed by atoms with Gasteiger partial charge >= 0.3 is 0 Å². The Kier molecular flexibility index (Phi) is 3.39. The summed E-state index contributed by atoms with van der Waals surface area (Å²) in [7, 11) is 3.97. The molecule has 0 spiro atoms. The molecular weight excluding hydrogens is 216 g/mol. The highest BCUT2D eigenvalue weighted by Crippen LogP contribution is 2.20. The Morgan fingerprint density at radius 1 is 1.18 bits per heavy atom. The SMILES string of the molecule is CN(C)CCOc1nc2ccccc2nc1N. The number of likely N-dealkylation sites (N-methyl/N-ethyl adjacent to an activating group) is 1. The Morgan fingerprint density at radius 2 is 1.82 bits per heavy atom. The van der Waals surface area contributed by atoms with Crippen LogP contribution in [0.15, 0.2) is 24.3 Å². The first-order chi connectivity index (χ1) is 8.16. The van der Waals surface area contributed by atoms with E-state index < -0.39 is 0 Å². The van der Waals surface area contributed by atoms with E-state index >= 15 is 0 Å². The highest BCUT2D eigenvalue weighted by atomic mass is 16.5. The smallest absolute Gasteiger partial charge is 0.257 e. The monoisotopic (exact) mass is 232 g/mol. The third-order valence-electron chi connectivity index (χ3n) is 2.34. The summed E-state index contributed by atoms with van der Waals surface area (Å²) in [6, 6.07) is 7.59. The normalized spacial score (nSPS) is 11.0. The van der Waals surface area contributed by atoms with Crippen molar-refractivity contribution >= 4 is 16.9 Å². The summed E-state index contributed by atoms with van der Waals surface area (Å²) < 4.78 is 5.52. The van der Waals surface area contributed by atoms with Crippen molar-refractivity contribution < 1.29 is 4.74 Å². The summed E-state index contributed by atoms with van der Waals surface area (Å²) in [6.45, 7) is 1.36. The third kappa shape index (κ3) is 2.82. The molecule has 1 aromatic carbocycles. The second-order valence-electron chi connectivity index (χ2n) is 4.05. The van der Waals surface area contributed by atoms with Crippen molar-refractivity contribution in [1.29, 1.82) is 0 Å². The van der Waals surface area contributed by atoms with Gasteiger partial charge < -0.3 is 15.4 Å². The molecule has 0 bridgehead atoms. The molecule has 0 radical (unpaired) electrons. The van der Waals surface area contributed by atoms with Gasteiger partial charge in [0, 0.05) is 6.54 Å². The van der Waals surface area contributed by atoms with Crippen molar-refractivity contribution in [2.75, 3.05) is 33.0 Å². The Bertz CT molecular complexity index is 513. The molecule has 1 aromatic heterocycles. The number of aromatic nitrogens is 2. The number of nitrogen functional groups attached to an aromatic ring is 1. The number of hydrogen-bond donors (Lipinski definition) is 1. The molecule has 0 atom stereocenters. The molecule has 2 rings (SSSR count). The Hall–Kier alpha value is -1.88. The van der Waals surface area contributed by atoms with Crippen LogP contribution in [0, 0.1) is 0 Å². The van der Waals surface area contributed by atoms with Crippen molar-refractivity contribution in [3.63, 3.8) is 0 Å². The highest BCUT2D eigenvalue weighted by Gasteiger charge is 2.06. The van der Waals surface area contributed by atoms with Gasteiger partial charge in [-0.05, 0) is 26.2 Å². The van der Waals surface area contributed by atoms with Crippen molar-refractivity contribution in [3.05, 3.63) is 24.3 Å². The van der Waals surface area contributed by atoms with Crippen LogP contribution in [0.5, 0.6) is 5.88 Å². The zero-order chi connectivity index (χ0) is 12.3. The number of ether oxygens (including phenoxy) is 1. The van der Waals surface area contributed by atoms with E-state index in [-0.39, 0.29) is 0 Å². The van der Waals surface area contributed by atoms with Gasteiger partial charge in [-0.3, -0.25) is 0 Å². The van der Waals surface area contributed by atoms with Crippen LogP contribution in [0.1, 0.15) is 0 Å². The predicted molar refractivity (Wildman–Crippen MR) is 68.0 cm³/mol. The van der Waals surface area contributed by atoms with Crippen molar-refractivity contribution in [1.82, 2.24) is 14.9 Å². The van der Waals surface area contributed by atoms with Gasteiger partial charge in [0.15, 0.2) is 5.82 Å². The second-order valence-corrected chi connectivity index (χ2v) is 4.05. The van der Waals surface area contributed by atoms with Crippen LogP contribution in [-0.2, 0) is 0 Å². The molecule has 0 aliphatic rings. The fourth-order valence-electron chi connectivity index (χ4n) is 1.43. The lowest BCUT2D eigenvalue weighted by atomic mass is 10.3. The van der Waals surface area contributed by atoms with E-state index in [2.05, 4.69) is 9.97 Å². The Labute approximate surface area is 100 Å². The quantitative estimate of drug-likeness (QED) is 0.856. The van der Waals surface area contributed by atoms with E-state index in [1.165, 1.54) is 0 Å². The molecule has 2 N–H and O–H groups in total. The minimum Gasteiger partial charge on any atom is -0.474 e. The fourth-order valence-corrected chi connectivity index (χ4v) is 1.43. The molecule has 0 amide bonds. The summed E-state index contributed by atoms with van der Waals surface area (Å²) in [6.07, 6.45) is 0. The van der Waals surface area contributed by atoms with Crippen LogP contribution in [0.3, 0.4) is 0 Å². The van der Waals surface area contributed by atoms with Gasteiger partial charge in [0.2, 0.25) is 0 Å². The molecule has 17 heavy (non-hydrogen) atoms. The Morgan fingerprint density at radius 3 is 2.47 bits per heavy atom. The first kappa shape index (κ1) is 11.6. The van der Waals surface area contributed by atoms with Crippen LogP contribution >= 0.6 is 0 Å². The molecule has 0 fully saturated rings. The number of fused-ring (bicyclic) bond motifs is 1. The molecule has 0 aliphatic heterocycles. The minimum atomic E-state index is 0.336. The lowest BCUT2D eigenvalue weighted by Gasteiger charge is -2.11. The first-order valence-electron chi connectivity index (χ1n) is 5.46. The minimum absolute atomic E-state index is 0.336. The maximum atomic E-state index is 5.79. The first-order valence-corrected chi connectivity index (χ1v) is 5.46. The van der Waals surface area contributed by atoms with Crippen molar-refractivity contribution in [2.24, 2.45) is 0 Å². The summed E-state index contributed by atoms with van der Waals surface area (Å²) in [5.41, 5.74) is 7.37.